The van der Waals surface area contributed by atoms with Crippen molar-refractivity contribution < 1.29 is 90.5 Å². The lowest BCUT2D eigenvalue weighted by Crippen LogP contribution is -2.70. The summed E-state index contributed by atoms with van der Waals surface area (Å²) in [6, 6.07) is 25.2. The largest absolute Gasteiger partial charge is 0.496 e. The molecule has 10 rings (SSSR count). The van der Waals surface area contributed by atoms with Crippen LogP contribution in [0.1, 0.15) is 125 Å². The van der Waals surface area contributed by atoms with Gasteiger partial charge >= 0.3 is 12.1 Å². The van der Waals surface area contributed by atoms with Crippen LogP contribution in [0.4, 0.5) is 26.8 Å². The van der Waals surface area contributed by atoms with Gasteiger partial charge in [-0.05, 0) is 84.7 Å². The minimum atomic E-state index is -1.48. The minimum Gasteiger partial charge on any atom is -0.496 e. The highest BCUT2D eigenvalue weighted by Gasteiger charge is 2.48. The number of aromatic nitrogens is 3. The highest BCUT2D eigenvalue weighted by Crippen LogP contribution is 2.42. The quantitative estimate of drug-likeness (QED) is 0.0167. The van der Waals surface area contributed by atoms with E-state index in [0.29, 0.717) is 166 Å². The first-order valence-corrected chi connectivity index (χ1v) is 43.0. The van der Waals surface area contributed by atoms with Gasteiger partial charge < -0.3 is 109 Å². The molecule has 2 saturated heterocycles. The molecule has 2 aromatic heterocycles. The number of para-hydroxylation sites is 1. The first kappa shape index (κ1) is 97.2. The highest BCUT2D eigenvalue weighted by molar-refractivity contribution is 6.04. The molecule has 6 heterocycles. The Labute approximate surface area is 725 Å². The number of morpholine rings is 1. The van der Waals surface area contributed by atoms with E-state index in [1.54, 1.807) is 62.1 Å². The van der Waals surface area contributed by atoms with Crippen LogP contribution in [0.3, 0.4) is 0 Å². The summed E-state index contributed by atoms with van der Waals surface area (Å²) in [6.45, 7) is 21.4. The molecule has 2 fully saturated rings. The Balaban J connectivity index is 0.00000865. The monoisotopic (exact) mass is 1720 g/mol. The Bertz CT molecular complexity index is 4460. The van der Waals surface area contributed by atoms with Gasteiger partial charge in [0.25, 0.3) is 0 Å². The van der Waals surface area contributed by atoms with Gasteiger partial charge in [-0.15, -0.1) is 0 Å². The van der Waals surface area contributed by atoms with Gasteiger partial charge in [0.1, 0.15) is 53.1 Å². The van der Waals surface area contributed by atoms with Crippen LogP contribution in [-0.2, 0) is 102 Å². The van der Waals surface area contributed by atoms with Gasteiger partial charge in [0.15, 0.2) is 5.82 Å². The predicted octanol–water partition coefficient (Wildman–Crippen LogP) is 8.08. The van der Waals surface area contributed by atoms with Crippen molar-refractivity contribution in [3.8, 4) is 5.75 Å². The average molecular weight is 1720 g/mol. The first-order chi connectivity index (χ1) is 60.3. The molecule has 9 N–H and O–H groups in total. The Morgan fingerprint density at radius 3 is 1.94 bits per heavy atom. The van der Waals surface area contributed by atoms with E-state index in [1.807, 2.05) is 81.6 Å². The number of carbonyl (C=O) groups is 8. The number of unbranched alkanes of at least 4 members (excludes halogenated alkanes) is 2. The van der Waals surface area contributed by atoms with E-state index in [2.05, 4.69) is 82.0 Å². The summed E-state index contributed by atoms with van der Waals surface area (Å²) >= 11 is 0. The summed E-state index contributed by atoms with van der Waals surface area (Å²) in [5, 5.41) is 28.7. The van der Waals surface area contributed by atoms with Crippen molar-refractivity contribution in [1.29, 1.82) is 0 Å². The molecule has 35 nitrogen and oxygen atoms in total. The van der Waals surface area contributed by atoms with E-state index in [9.17, 15) is 38.4 Å². The molecular formula is C89H126N16O19. The van der Waals surface area contributed by atoms with Crippen molar-refractivity contribution >= 4 is 87.1 Å². The molecule has 4 aromatic carbocycles. The maximum atomic E-state index is 14.6. The third-order valence-corrected chi connectivity index (χ3v) is 20.8. The molecule has 9 amide bonds. The number of fused-ring (bicyclic) bond motifs is 5. The number of urea groups is 1. The van der Waals surface area contributed by atoms with Gasteiger partial charge in [0.05, 0.1) is 150 Å². The second-order valence-corrected chi connectivity index (χ2v) is 30.5. The van der Waals surface area contributed by atoms with Crippen LogP contribution < -0.4 is 52.6 Å². The number of benzene rings is 4. The van der Waals surface area contributed by atoms with E-state index < -0.39 is 77.8 Å². The van der Waals surface area contributed by atoms with E-state index in [4.69, 9.17) is 67.8 Å². The number of aryl methyl sites for hydroxylation is 1. The molecule has 3 atom stereocenters. The first-order valence-electron chi connectivity index (χ1n) is 43.0. The summed E-state index contributed by atoms with van der Waals surface area (Å²) in [6.07, 6.45) is 4.29. The molecule has 0 bridgehead atoms. The second kappa shape index (κ2) is 52.2. The van der Waals surface area contributed by atoms with Crippen LogP contribution in [0.25, 0.3) is 22.3 Å². The number of nitrogens with zero attached hydrogens (tertiary/aromatic N) is 8. The van der Waals surface area contributed by atoms with E-state index in [0.717, 1.165) is 76.2 Å². The Kier molecular flexibility index (Phi) is 41.0. The van der Waals surface area contributed by atoms with Gasteiger partial charge in [0.2, 0.25) is 35.4 Å². The van der Waals surface area contributed by atoms with Gasteiger partial charge in [-0.3, -0.25) is 33.7 Å². The number of methoxy groups -OCH3 is 2. The van der Waals surface area contributed by atoms with E-state index in [-0.39, 0.29) is 77.5 Å². The molecule has 0 unspecified atom stereocenters. The van der Waals surface area contributed by atoms with Crippen LogP contribution in [0.15, 0.2) is 113 Å². The summed E-state index contributed by atoms with van der Waals surface area (Å²) in [5.74, 6) is -2.15. The molecule has 1 spiro atoms. The average Bonchev–Trinajstić information content (AvgIpc) is 1.73. The number of hydrogen-bond acceptors (Lipinski definition) is 25. The van der Waals surface area contributed by atoms with Crippen molar-refractivity contribution in [3.63, 3.8) is 0 Å². The molecule has 124 heavy (non-hydrogen) atoms. The van der Waals surface area contributed by atoms with Crippen LogP contribution >= 0.6 is 0 Å². The lowest BCUT2D eigenvalue weighted by molar-refractivity contribution is -0.181. The number of hydrogen-bond donors (Lipinski definition) is 8. The van der Waals surface area contributed by atoms with Crippen LogP contribution in [-0.4, -0.2) is 268 Å². The number of azo groups is 1. The zero-order chi connectivity index (χ0) is 88.4. The Morgan fingerprint density at radius 1 is 0.629 bits per heavy atom. The highest BCUT2D eigenvalue weighted by atomic mass is 16.6. The van der Waals surface area contributed by atoms with Crippen LogP contribution in [0, 0.1) is 12.8 Å². The fourth-order valence-corrected chi connectivity index (χ4v) is 14.5. The van der Waals surface area contributed by atoms with E-state index in [1.165, 1.54) is 0 Å². The van der Waals surface area contributed by atoms with Crippen molar-refractivity contribution in [2.24, 2.45) is 21.9 Å². The molecule has 6 aromatic rings. The zero-order valence-corrected chi connectivity index (χ0v) is 73.0. The molecule has 35 heteroatoms. The van der Waals surface area contributed by atoms with Crippen molar-refractivity contribution in [2.75, 3.05) is 188 Å². The molecular weight excluding hydrogens is 1600 g/mol. The van der Waals surface area contributed by atoms with E-state index >= 15 is 0 Å². The maximum Gasteiger partial charge on any atom is 0.410 e. The number of ether oxygens (including phenoxy) is 11. The van der Waals surface area contributed by atoms with Gasteiger partial charge in [-0.25, -0.2) is 19.6 Å². The Hall–Kier alpha value is -10.6. The fraction of sp³-hybridized carbons (Fsp3) is 0.551. The summed E-state index contributed by atoms with van der Waals surface area (Å²) in [4.78, 5) is 126. The third-order valence-electron chi connectivity index (χ3n) is 20.8. The maximum absolute atomic E-state index is 14.6. The number of nitrogens with two attached hydrogens (primary N) is 1. The number of rotatable bonds is 53. The van der Waals surface area contributed by atoms with Gasteiger partial charge in [-0.1, -0.05) is 114 Å². The molecule has 0 saturated carbocycles. The molecule has 0 aliphatic carbocycles. The molecule has 676 valence electrons. The Morgan fingerprint density at radius 2 is 1.28 bits per heavy atom. The molecule has 4 aliphatic heterocycles. The SMILES string of the molecule is CC.CCCCCNc1nc(C)nc2ccn(Cc3ccc(CN4CC5(C4)CN(C(=O)OCc4ccc(NC(=O)[C@H](CCCNC(N)=O)NC(=O)[C@@H](NC(=O)[C@H](CNC(=O)CCOCCOCCOCCOCCOCCOCCOCCOC)NC(=O)CCC(=O)N6Cc7ccccc7C7=C(N=NC7)c7ccccc76)C(C)C)cc4)CCO5)cc3OC)c12. The van der Waals surface area contributed by atoms with Crippen molar-refractivity contribution in [2.45, 2.75) is 143 Å². The lowest BCUT2D eigenvalue weighted by Gasteiger charge is -2.53. The number of likely N-dealkylation sites (tertiary alicyclic amines) is 1. The standard InChI is InChI=1S/C87H120N16O19.C2H6/c1-7-8-13-30-89-81-80-70(93-61(4)94-81)28-32-101(80)54-65-23-20-63(50-74(65)113-6)53-100-57-87(58-100)59-102(33-35-122-87)86(111)121-56-62-21-24-66(25-22-62)95-82(107)71(18-14-31-90-85(88)110)97-84(109)78(60(2)3)98-83(108)72(52-91-75(104)29-34-114-38-39-116-42-43-118-46-47-120-49-48-119-45-44-117-41-40-115-37-36-112-5)96-76(105)26-27-77(106)103-55-64-15-9-10-16-67(64)69-51-92-99-79(69)68-17-11-12-19-73(68)103;1-2/h9-12,15-17,19-25,28,32,50,60,71-72,78H,7-8,13-14,18,26-27,29-31,33-49,51-59H2,1-6H3,(H,91,104)(H,95,107)(H,96,105)(H,97,109)(H,98,108)(H3,88,90,110)(H,89,93,94);1-2H3/t71-,72-,78-;/m0./s1. The minimum absolute atomic E-state index is 0.00715. The van der Waals surface area contributed by atoms with Crippen molar-refractivity contribution in [3.05, 3.63) is 142 Å². The number of carbonyl (C=O) groups excluding carboxylic acids is 8. The zero-order valence-electron chi connectivity index (χ0n) is 73.0. The summed E-state index contributed by atoms with van der Waals surface area (Å²) in [7, 11) is 3.30. The molecule has 4 aliphatic rings. The van der Waals surface area contributed by atoms with Crippen LogP contribution in [0.2, 0.25) is 0 Å². The predicted molar refractivity (Wildman–Crippen MR) is 467 cm³/mol. The van der Waals surface area contributed by atoms with Crippen LogP contribution in [0.5, 0.6) is 5.75 Å². The summed E-state index contributed by atoms with van der Waals surface area (Å²) in [5.41, 5.74) is 14.4. The topological polar surface area (TPSA) is 413 Å². The fourth-order valence-electron chi connectivity index (χ4n) is 14.5. The number of anilines is 3. The normalized spacial score (nSPS) is 14.6. The second-order valence-electron chi connectivity index (χ2n) is 30.5. The van der Waals surface area contributed by atoms with Gasteiger partial charge in [-0.2, -0.15) is 10.2 Å². The number of amides is 9. The van der Waals surface area contributed by atoms with Crippen molar-refractivity contribution in [1.82, 2.24) is 50.9 Å². The number of nitrogens with one attached hydrogen (secondary N) is 7. The number of primary amides is 1. The smallest absolute Gasteiger partial charge is 0.410 e. The van der Waals surface area contributed by atoms with Gasteiger partial charge in [0, 0.05) is 101 Å². The third kappa shape index (κ3) is 30.7. The molecule has 0 radical (unpaired) electrons. The summed E-state index contributed by atoms with van der Waals surface area (Å²) < 4.78 is 63.9. The lowest BCUT2D eigenvalue weighted by atomic mass is 9.91.